The molecule has 0 saturated heterocycles. The van der Waals surface area contributed by atoms with Gasteiger partial charge in [0.25, 0.3) is 0 Å². The van der Waals surface area contributed by atoms with E-state index in [-0.39, 0.29) is 25.7 Å². The molecule has 0 rings (SSSR count). The molecule has 0 aromatic heterocycles. The van der Waals surface area contributed by atoms with Gasteiger partial charge in [-0.15, -0.1) is 0 Å². The first-order valence-corrected chi connectivity index (χ1v) is 43.8. The van der Waals surface area contributed by atoms with Gasteiger partial charge in [-0.3, -0.25) is 37.3 Å². The molecular formula is C79H154O17P2. The Morgan fingerprint density at radius 1 is 0.276 bits per heavy atom. The van der Waals surface area contributed by atoms with Crippen LogP contribution in [0.3, 0.4) is 0 Å². The molecule has 582 valence electrons. The monoisotopic (exact) mass is 1440 g/mol. The quantitative estimate of drug-likeness (QED) is 0.0222. The second kappa shape index (κ2) is 69.4. The molecule has 98 heavy (non-hydrogen) atoms. The first-order chi connectivity index (χ1) is 47.2. The van der Waals surface area contributed by atoms with Crippen LogP contribution in [0.4, 0.5) is 0 Å². The summed E-state index contributed by atoms with van der Waals surface area (Å²) in [4.78, 5) is 72.9. The lowest BCUT2D eigenvalue weighted by Gasteiger charge is -2.21. The highest BCUT2D eigenvalue weighted by molar-refractivity contribution is 7.47. The number of phosphoric acid groups is 2. The first-order valence-electron chi connectivity index (χ1n) is 40.8. The largest absolute Gasteiger partial charge is 0.472 e. The minimum Gasteiger partial charge on any atom is -0.462 e. The van der Waals surface area contributed by atoms with Gasteiger partial charge in [0.05, 0.1) is 26.4 Å². The maximum atomic E-state index is 13.1. The second-order valence-corrected chi connectivity index (χ2v) is 32.8. The molecule has 17 nitrogen and oxygen atoms in total. The molecule has 0 fully saturated rings. The molecule has 19 heteroatoms. The summed E-state index contributed by atoms with van der Waals surface area (Å²) in [6.07, 6.45) is 56.9. The Labute approximate surface area is 600 Å². The molecule has 2 unspecified atom stereocenters. The van der Waals surface area contributed by atoms with Crippen LogP contribution < -0.4 is 0 Å². The van der Waals surface area contributed by atoms with Gasteiger partial charge in [-0.1, -0.05) is 357 Å². The van der Waals surface area contributed by atoms with E-state index in [4.69, 9.17) is 37.0 Å². The van der Waals surface area contributed by atoms with Crippen molar-refractivity contribution in [2.45, 2.75) is 426 Å². The number of carbonyl (C=O) groups is 4. The minimum atomic E-state index is -4.96. The number of carbonyl (C=O) groups excluding carboxylic acids is 4. The van der Waals surface area contributed by atoms with Crippen molar-refractivity contribution in [3.8, 4) is 0 Å². The lowest BCUT2D eigenvalue weighted by atomic mass is 10.0. The van der Waals surface area contributed by atoms with Crippen molar-refractivity contribution < 1.29 is 80.2 Å². The maximum absolute atomic E-state index is 13.1. The van der Waals surface area contributed by atoms with Crippen molar-refractivity contribution in [3.05, 3.63) is 0 Å². The topological polar surface area (TPSA) is 237 Å². The Balaban J connectivity index is 5.25. The van der Waals surface area contributed by atoms with Gasteiger partial charge in [-0.05, 0) is 43.4 Å². The zero-order valence-electron chi connectivity index (χ0n) is 64.3. The zero-order chi connectivity index (χ0) is 72.3. The molecule has 0 aliphatic rings. The lowest BCUT2D eigenvalue weighted by Crippen LogP contribution is -2.30. The number of aliphatic hydroxyl groups excluding tert-OH is 1. The summed E-state index contributed by atoms with van der Waals surface area (Å²) < 4.78 is 68.6. The van der Waals surface area contributed by atoms with E-state index in [2.05, 4.69) is 48.5 Å². The molecule has 0 aromatic carbocycles. The van der Waals surface area contributed by atoms with Gasteiger partial charge in [0.15, 0.2) is 12.2 Å². The van der Waals surface area contributed by atoms with Crippen molar-refractivity contribution in [2.75, 3.05) is 39.6 Å². The smallest absolute Gasteiger partial charge is 0.462 e. The third kappa shape index (κ3) is 72.4. The van der Waals surface area contributed by atoms with Gasteiger partial charge in [-0.2, -0.15) is 0 Å². The van der Waals surface area contributed by atoms with E-state index in [9.17, 15) is 43.2 Å². The van der Waals surface area contributed by atoms with E-state index >= 15 is 0 Å². The summed E-state index contributed by atoms with van der Waals surface area (Å²) in [5.74, 6) is 0.151. The van der Waals surface area contributed by atoms with Gasteiger partial charge in [0, 0.05) is 25.7 Å². The Hall–Kier alpha value is -1.94. The third-order valence-corrected chi connectivity index (χ3v) is 20.3. The van der Waals surface area contributed by atoms with Crippen LogP contribution in [0.2, 0.25) is 0 Å². The zero-order valence-corrected chi connectivity index (χ0v) is 66.0. The summed E-state index contributed by atoms with van der Waals surface area (Å²) in [5.41, 5.74) is 0. The number of phosphoric ester groups is 2. The van der Waals surface area contributed by atoms with Crippen molar-refractivity contribution in [3.63, 3.8) is 0 Å². The van der Waals surface area contributed by atoms with Gasteiger partial charge in [0.1, 0.15) is 19.3 Å². The Morgan fingerprint density at radius 2 is 0.469 bits per heavy atom. The van der Waals surface area contributed by atoms with Crippen LogP contribution in [0.15, 0.2) is 0 Å². The van der Waals surface area contributed by atoms with Gasteiger partial charge < -0.3 is 33.8 Å². The normalized spacial score (nSPS) is 14.0. The van der Waals surface area contributed by atoms with Crippen LogP contribution in [0.1, 0.15) is 408 Å². The fraction of sp³-hybridized carbons (Fsp3) is 0.949. The Bertz CT molecular complexity index is 1900. The van der Waals surface area contributed by atoms with E-state index in [1.54, 1.807) is 0 Å². The van der Waals surface area contributed by atoms with E-state index in [1.165, 1.54) is 218 Å². The number of esters is 4. The van der Waals surface area contributed by atoms with Crippen LogP contribution in [0.5, 0.6) is 0 Å². The number of rotatable bonds is 77. The van der Waals surface area contributed by atoms with E-state index in [0.29, 0.717) is 25.7 Å². The van der Waals surface area contributed by atoms with E-state index in [1.807, 2.05) is 0 Å². The summed E-state index contributed by atoms with van der Waals surface area (Å²) in [7, 11) is -9.92. The summed E-state index contributed by atoms with van der Waals surface area (Å²) in [6.45, 7) is 11.9. The van der Waals surface area contributed by atoms with Gasteiger partial charge >= 0.3 is 39.5 Å². The minimum absolute atomic E-state index is 0.105. The molecule has 0 radical (unpaired) electrons. The average molecular weight is 1440 g/mol. The molecule has 0 aliphatic heterocycles. The molecule has 0 aliphatic carbocycles. The Kier molecular flexibility index (Phi) is 68.1. The predicted octanol–water partition coefficient (Wildman–Crippen LogP) is 23.4. The van der Waals surface area contributed by atoms with Gasteiger partial charge in [0.2, 0.25) is 0 Å². The van der Waals surface area contributed by atoms with E-state index < -0.39 is 97.5 Å². The number of hydrogen-bond donors (Lipinski definition) is 3. The second-order valence-electron chi connectivity index (χ2n) is 29.9. The van der Waals surface area contributed by atoms with Crippen molar-refractivity contribution >= 4 is 39.5 Å². The molecule has 3 N–H and O–H groups in total. The number of aliphatic hydroxyl groups is 1. The third-order valence-electron chi connectivity index (χ3n) is 18.4. The first kappa shape index (κ1) is 96.1. The maximum Gasteiger partial charge on any atom is 0.472 e. The number of hydrogen-bond acceptors (Lipinski definition) is 15. The average Bonchev–Trinajstić information content (AvgIpc) is 1.39. The predicted molar refractivity (Wildman–Crippen MR) is 400 cm³/mol. The highest BCUT2D eigenvalue weighted by Crippen LogP contribution is 2.45. The fourth-order valence-corrected chi connectivity index (χ4v) is 13.7. The van der Waals surface area contributed by atoms with Crippen LogP contribution >= 0.6 is 15.6 Å². The molecule has 0 aromatic rings. The van der Waals surface area contributed by atoms with Crippen molar-refractivity contribution in [2.24, 2.45) is 17.8 Å². The number of unbranched alkanes of at least 4 members (excludes halogenated alkanes) is 45. The standard InChI is InChI=1S/C79H154O17P2/c1-8-9-10-11-12-13-14-15-16-17-20-23-26-31-39-46-53-60-76(81)89-66-74(95-78(83)62-55-48-41-32-27-24-21-18-19-22-25-29-36-43-50-57-70(2)3)68-93-97(85,86)91-64-73(80)65-92-98(87,88)94-69-75(67-90-77(82)61-54-47-40-35-34-38-45-52-59-72(6)7)96-79(84)63-56-49-42-33-28-30-37-44-51-58-71(4)5/h70-75,80H,8-69H2,1-7H3,(H,85,86)(H,87,88)/t73-,74-,75-/m1/s1. The molecule has 0 bridgehead atoms. The van der Waals surface area contributed by atoms with Crippen LogP contribution in [-0.4, -0.2) is 96.7 Å². The molecule has 5 atom stereocenters. The Morgan fingerprint density at radius 3 is 0.694 bits per heavy atom. The SMILES string of the molecule is CCCCCCCCCCCCCCCCCCCC(=O)OC[C@H](COP(=O)(O)OC[C@@H](O)COP(=O)(O)OC[C@@H](COC(=O)CCCCCCCCCCC(C)C)OC(=O)CCCCCCCCCCCC(C)C)OC(=O)CCCCCCCCCCCCCCCCCC(C)C. The van der Waals surface area contributed by atoms with Crippen molar-refractivity contribution in [1.82, 2.24) is 0 Å². The molecule has 0 saturated carbocycles. The lowest BCUT2D eigenvalue weighted by molar-refractivity contribution is -0.161. The molecule has 0 heterocycles. The summed E-state index contributed by atoms with van der Waals surface area (Å²) >= 11 is 0. The number of ether oxygens (including phenoxy) is 4. The summed E-state index contributed by atoms with van der Waals surface area (Å²) in [5, 5.41) is 10.6. The summed E-state index contributed by atoms with van der Waals surface area (Å²) in [6, 6.07) is 0. The highest BCUT2D eigenvalue weighted by atomic mass is 31.2. The van der Waals surface area contributed by atoms with Crippen LogP contribution in [0, 0.1) is 17.8 Å². The van der Waals surface area contributed by atoms with Crippen LogP contribution in [0.25, 0.3) is 0 Å². The molecular weight excluding hydrogens is 1280 g/mol. The fourth-order valence-electron chi connectivity index (χ4n) is 12.1. The van der Waals surface area contributed by atoms with Crippen LogP contribution in [-0.2, 0) is 65.4 Å². The van der Waals surface area contributed by atoms with Crippen molar-refractivity contribution in [1.29, 1.82) is 0 Å². The highest BCUT2D eigenvalue weighted by Gasteiger charge is 2.30. The molecule has 0 amide bonds. The molecule has 0 spiro atoms. The van der Waals surface area contributed by atoms with Gasteiger partial charge in [-0.25, -0.2) is 9.13 Å². The van der Waals surface area contributed by atoms with E-state index in [0.717, 1.165) is 108 Å².